The van der Waals surface area contributed by atoms with Crippen LogP contribution in [-0.4, -0.2) is 38.6 Å². The molecule has 1 aromatic heterocycles. The Morgan fingerprint density at radius 3 is 2.43 bits per heavy atom. The predicted octanol–water partition coefficient (Wildman–Crippen LogP) is 4.34. The van der Waals surface area contributed by atoms with Gasteiger partial charge in [-0.2, -0.15) is 5.10 Å². The lowest BCUT2D eigenvalue weighted by atomic mass is 10.1. The standard InChI is InChI=1S/C20H17ClN4O3/c21-15-4-3-5-17(12-15)24-19(20(26)23-10-1-2-11-23)13-18(22-24)14-6-8-16(9-7-14)25(27)28/h3-9,12-13H,1-2,10-11H2. The molecule has 0 aliphatic carbocycles. The Kier molecular flexibility index (Phi) is 4.83. The van der Waals surface area contributed by atoms with E-state index in [-0.39, 0.29) is 11.6 Å². The molecule has 0 atom stereocenters. The topological polar surface area (TPSA) is 81.3 Å². The summed E-state index contributed by atoms with van der Waals surface area (Å²) < 4.78 is 1.59. The van der Waals surface area contributed by atoms with Crippen molar-refractivity contribution in [3.63, 3.8) is 0 Å². The summed E-state index contributed by atoms with van der Waals surface area (Å²) in [5.41, 5.74) is 2.39. The van der Waals surface area contributed by atoms with Crippen molar-refractivity contribution in [3.8, 4) is 16.9 Å². The van der Waals surface area contributed by atoms with Crippen molar-refractivity contribution in [2.75, 3.05) is 13.1 Å². The third-order valence-electron chi connectivity index (χ3n) is 4.75. The zero-order valence-electron chi connectivity index (χ0n) is 14.9. The molecule has 8 heteroatoms. The van der Waals surface area contributed by atoms with Gasteiger partial charge in [-0.3, -0.25) is 14.9 Å². The van der Waals surface area contributed by atoms with E-state index in [2.05, 4.69) is 5.10 Å². The van der Waals surface area contributed by atoms with Crippen molar-refractivity contribution in [3.05, 3.63) is 75.4 Å². The molecule has 2 heterocycles. The molecule has 1 aliphatic rings. The Hall–Kier alpha value is -3.19. The van der Waals surface area contributed by atoms with Crippen LogP contribution in [0.15, 0.2) is 54.6 Å². The number of hydrogen-bond donors (Lipinski definition) is 0. The van der Waals surface area contributed by atoms with Gasteiger partial charge in [-0.05, 0) is 49.2 Å². The van der Waals surface area contributed by atoms with E-state index in [1.54, 1.807) is 41.1 Å². The zero-order valence-corrected chi connectivity index (χ0v) is 15.7. The molecule has 1 amide bonds. The number of carbonyl (C=O) groups is 1. The summed E-state index contributed by atoms with van der Waals surface area (Å²) >= 11 is 6.12. The molecular weight excluding hydrogens is 380 g/mol. The molecule has 142 valence electrons. The Morgan fingerprint density at radius 1 is 1.07 bits per heavy atom. The summed E-state index contributed by atoms with van der Waals surface area (Å²) in [6, 6.07) is 15.0. The van der Waals surface area contributed by atoms with E-state index in [0.717, 1.165) is 25.9 Å². The minimum Gasteiger partial charge on any atom is -0.337 e. The largest absolute Gasteiger partial charge is 0.337 e. The highest BCUT2D eigenvalue weighted by Crippen LogP contribution is 2.26. The average Bonchev–Trinajstić information content (AvgIpc) is 3.38. The van der Waals surface area contributed by atoms with Gasteiger partial charge in [0, 0.05) is 35.8 Å². The van der Waals surface area contributed by atoms with Crippen LogP contribution in [0.2, 0.25) is 5.02 Å². The number of benzene rings is 2. The summed E-state index contributed by atoms with van der Waals surface area (Å²) in [5, 5.41) is 16.0. The molecule has 1 fully saturated rings. The van der Waals surface area contributed by atoms with Gasteiger partial charge in [-0.15, -0.1) is 0 Å². The zero-order chi connectivity index (χ0) is 19.7. The number of nitro benzene ring substituents is 1. The monoisotopic (exact) mass is 396 g/mol. The number of likely N-dealkylation sites (tertiary alicyclic amines) is 1. The fraction of sp³-hybridized carbons (Fsp3) is 0.200. The first-order chi connectivity index (χ1) is 13.5. The molecule has 4 rings (SSSR count). The van der Waals surface area contributed by atoms with Crippen LogP contribution in [0, 0.1) is 10.1 Å². The van der Waals surface area contributed by atoms with Gasteiger partial charge < -0.3 is 4.90 Å². The van der Waals surface area contributed by atoms with E-state index in [1.807, 2.05) is 11.0 Å². The van der Waals surface area contributed by atoms with Crippen molar-refractivity contribution >= 4 is 23.2 Å². The second kappa shape index (κ2) is 7.44. The molecule has 0 radical (unpaired) electrons. The van der Waals surface area contributed by atoms with Crippen molar-refractivity contribution in [2.24, 2.45) is 0 Å². The molecule has 1 aliphatic heterocycles. The highest BCUT2D eigenvalue weighted by molar-refractivity contribution is 6.30. The number of carbonyl (C=O) groups excluding carboxylic acids is 1. The quantitative estimate of drug-likeness (QED) is 0.485. The molecule has 0 bridgehead atoms. The van der Waals surface area contributed by atoms with Crippen LogP contribution < -0.4 is 0 Å². The normalized spacial score (nSPS) is 13.7. The predicted molar refractivity (Wildman–Crippen MR) is 106 cm³/mol. The second-order valence-electron chi connectivity index (χ2n) is 6.61. The van der Waals surface area contributed by atoms with E-state index in [0.29, 0.717) is 27.7 Å². The molecule has 0 N–H and O–H groups in total. The van der Waals surface area contributed by atoms with Gasteiger partial charge in [-0.25, -0.2) is 4.68 Å². The molecule has 28 heavy (non-hydrogen) atoms. The summed E-state index contributed by atoms with van der Waals surface area (Å²) in [6.07, 6.45) is 1.98. The lowest BCUT2D eigenvalue weighted by Crippen LogP contribution is -2.29. The number of amides is 1. The van der Waals surface area contributed by atoms with Crippen LogP contribution in [0.3, 0.4) is 0 Å². The third kappa shape index (κ3) is 3.48. The number of nitrogens with zero attached hydrogens (tertiary/aromatic N) is 4. The number of non-ortho nitro benzene ring substituents is 1. The van der Waals surface area contributed by atoms with Crippen molar-refractivity contribution in [1.82, 2.24) is 14.7 Å². The summed E-state index contributed by atoms with van der Waals surface area (Å²) in [7, 11) is 0. The number of hydrogen-bond acceptors (Lipinski definition) is 4. The molecule has 0 unspecified atom stereocenters. The molecule has 0 spiro atoms. The average molecular weight is 397 g/mol. The minimum atomic E-state index is -0.448. The first-order valence-corrected chi connectivity index (χ1v) is 9.31. The van der Waals surface area contributed by atoms with Crippen molar-refractivity contribution < 1.29 is 9.72 Å². The van der Waals surface area contributed by atoms with Crippen LogP contribution >= 0.6 is 11.6 Å². The lowest BCUT2D eigenvalue weighted by Gasteiger charge is -2.16. The smallest absolute Gasteiger partial charge is 0.272 e. The maximum absolute atomic E-state index is 13.1. The van der Waals surface area contributed by atoms with Gasteiger partial charge in [0.05, 0.1) is 16.3 Å². The fourth-order valence-corrected chi connectivity index (χ4v) is 3.50. The van der Waals surface area contributed by atoms with E-state index < -0.39 is 4.92 Å². The van der Waals surface area contributed by atoms with E-state index >= 15 is 0 Å². The summed E-state index contributed by atoms with van der Waals surface area (Å²) in [5.74, 6) is -0.0851. The molecule has 2 aromatic carbocycles. The van der Waals surface area contributed by atoms with Gasteiger partial charge in [0.25, 0.3) is 11.6 Å². The van der Waals surface area contributed by atoms with Crippen LogP contribution in [0.4, 0.5) is 5.69 Å². The molecule has 0 saturated carbocycles. The fourth-order valence-electron chi connectivity index (χ4n) is 3.32. The van der Waals surface area contributed by atoms with Gasteiger partial charge in [0.1, 0.15) is 5.69 Å². The number of rotatable bonds is 4. The highest BCUT2D eigenvalue weighted by Gasteiger charge is 2.25. The number of aromatic nitrogens is 2. The van der Waals surface area contributed by atoms with E-state index in [4.69, 9.17) is 11.6 Å². The lowest BCUT2D eigenvalue weighted by molar-refractivity contribution is -0.384. The van der Waals surface area contributed by atoms with Crippen LogP contribution in [0.25, 0.3) is 16.9 Å². The van der Waals surface area contributed by atoms with Crippen LogP contribution in [-0.2, 0) is 0 Å². The molecule has 1 saturated heterocycles. The van der Waals surface area contributed by atoms with Gasteiger partial charge in [0.2, 0.25) is 0 Å². The van der Waals surface area contributed by atoms with E-state index in [1.165, 1.54) is 12.1 Å². The van der Waals surface area contributed by atoms with Crippen LogP contribution in [0.5, 0.6) is 0 Å². The van der Waals surface area contributed by atoms with Gasteiger partial charge in [0.15, 0.2) is 0 Å². The molecular formula is C20H17ClN4O3. The van der Waals surface area contributed by atoms with Crippen LogP contribution in [0.1, 0.15) is 23.3 Å². The van der Waals surface area contributed by atoms with E-state index in [9.17, 15) is 14.9 Å². The number of halogens is 1. The van der Waals surface area contributed by atoms with Gasteiger partial charge >= 0.3 is 0 Å². The number of nitro groups is 1. The van der Waals surface area contributed by atoms with Crippen molar-refractivity contribution in [2.45, 2.75) is 12.8 Å². The first-order valence-electron chi connectivity index (χ1n) is 8.93. The minimum absolute atomic E-state index is 0.00592. The first kappa shape index (κ1) is 18.2. The molecule has 7 nitrogen and oxygen atoms in total. The summed E-state index contributed by atoms with van der Waals surface area (Å²) in [6.45, 7) is 1.46. The Labute approximate surface area is 166 Å². The van der Waals surface area contributed by atoms with Gasteiger partial charge in [-0.1, -0.05) is 17.7 Å². The Bertz CT molecular complexity index is 1040. The third-order valence-corrected chi connectivity index (χ3v) is 4.98. The Morgan fingerprint density at radius 2 is 1.79 bits per heavy atom. The summed E-state index contributed by atoms with van der Waals surface area (Å²) in [4.78, 5) is 25.3. The Balaban J connectivity index is 1.79. The maximum Gasteiger partial charge on any atom is 0.272 e. The maximum atomic E-state index is 13.1. The SMILES string of the molecule is O=C(c1cc(-c2ccc([N+](=O)[O-])cc2)nn1-c1cccc(Cl)c1)N1CCCC1. The molecule has 3 aromatic rings. The van der Waals surface area contributed by atoms with Crippen molar-refractivity contribution in [1.29, 1.82) is 0 Å². The highest BCUT2D eigenvalue weighted by atomic mass is 35.5. The second-order valence-corrected chi connectivity index (χ2v) is 7.05.